The van der Waals surface area contributed by atoms with E-state index >= 15 is 0 Å². The minimum absolute atomic E-state index is 0.0281. The van der Waals surface area contributed by atoms with Gasteiger partial charge in [-0.2, -0.15) is 0 Å². The van der Waals surface area contributed by atoms with E-state index in [1.165, 1.54) is 0 Å². The summed E-state index contributed by atoms with van der Waals surface area (Å²) in [4.78, 5) is 15.9. The van der Waals surface area contributed by atoms with E-state index in [1.54, 1.807) is 12.4 Å². The molecule has 0 aliphatic carbocycles. The average molecular weight is 265 g/mol. The van der Waals surface area contributed by atoms with E-state index in [-0.39, 0.29) is 30.6 Å². The first-order chi connectivity index (χ1) is 9.08. The van der Waals surface area contributed by atoms with E-state index in [4.69, 9.17) is 5.11 Å². The summed E-state index contributed by atoms with van der Waals surface area (Å²) >= 11 is 0. The van der Waals surface area contributed by atoms with E-state index < -0.39 is 0 Å². The highest BCUT2D eigenvalue weighted by Crippen LogP contribution is 2.15. The van der Waals surface area contributed by atoms with Crippen LogP contribution in [0.2, 0.25) is 0 Å². The molecule has 0 aliphatic rings. The van der Waals surface area contributed by atoms with Crippen molar-refractivity contribution >= 4 is 6.03 Å². The van der Waals surface area contributed by atoms with Crippen molar-refractivity contribution in [2.45, 2.75) is 39.3 Å². The van der Waals surface area contributed by atoms with Crippen LogP contribution in [-0.4, -0.2) is 28.8 Å². The lowest BCUT2D eigenvalue weighted by Gasteiger charge is -2.22. The fraction of sp³-hybridized carbons (Fsp3) is 0.571. The van der Waals surface area contributed by atoms with Gasteiger partial charge < -0.3 is 15.7 Å². The Morgan fingerprint density at radius 1 is 1.32 bits per heavy atom. The topological polar surface area (TPSA) is 74.2 Å². The van der Waals surface area contributed by atoms with Crippen LogP contribution in [0.25, 0.3) is 0 Å². The maximum Gasteiger partial charge on any atom is 0.315 e. The maximum atomic E-state index is 11.9. The van der Waals surface area contributed by atoms with Crippen molar-refractivity contribution in [1.29, 1.82) is 0 Å². The van der Waals surface area contributed by atoms with Gasteiger partial charge in [-0.3, -0.25) is 4.98 Å². The molecule has 5 nitrogen and oxygen atoms in total. The molecule has 3 atom stereocenters. The first-order valence-corrected chi connectivity index (χ1v) is 6.66. The Bertz CT molecular complexity index is 384. The highest BCUT2D eigenvalue weighted by molar-refractivity contribution is 5.74. The first kappa shape index (κ1) is 15.4. The van der Waals surface area contributed by atoms with E-state index in [9.17, 15) is 4.79 Å². The SMILES string of the molecule is CC[C@H](NC(=O)N[C@@H](C)[C@@H](C)CO)c1ccncc1. The Morgan fingerprint density at radius 3 is 2.47 bits per heavy atom. The predicted octanol–water partition coefficient (Wildman–Crippen LogP) is 1.85. The second-order valence-corrected chi connectivity index (χ2v) is 4.81. The van der Waals surface area contributed by atoms with Gasteiger partial charge in [-0.05, 0) is 37.0 Å². The van der Waals surface area contributed by atoms with Gasteiger partial charge in [0.25, 0.3) is 0 Å². The van der Waals surface area contributed by atoms with Crippen LogP contribution in [0.1, 0.15) is 38.8 Å². The molecule has 106 valence electrons. The monoisotopic (exact) mass is 265 g/mol. The smallest absolute Gasteiger partial charge is 0.315 e. The molecule has 2 amide bonds. The number of hydrogen-bond acceptors (Lipinski definition) is 3. The number of pyridine rings is 1. The summed E-state index contributed by atoms with van der Waals surface area (Å²) < 4.78 is 0. The molecule has 0 unspecified atom stereocenters. The van der Waals surface area contributed by atoms with Crippen LogP contribution in [0.4, 0.5) is 4.79 Å². The van der Waals surface area contributed by atoms with Crippen LogP contribution in [-0.2, 0) is 0 Å². The summed E-state index contributed by atoms with van der Waals surface area (Å²) in [6.07, 6.45) is 4.24. The van der Waals surface area contributed by atoms with Gasteiger partial charge in [-0.1, -0.05) is 13.8 Å². The molecule has 0 spiro atoms. The van der Waals surface area contributed by atoms with Crippen molar-refractivity contribution in [3.8, 4) is 0 Å². The molecule has 1 aromatic heterocycles. The minimum atomic E-state index is -0.212. The summed E-state index contributed by atoms with van der Waals surface area (Å²) in [5, 5.41) is 14.8. The lowest BCUT2D eigenvalue weighted by molar-refractivity contribution is 0.199. The number of aromatic nitrogens is 1. The van der Waals surface area contributed by atoms with Crippen LogP contribution in [0.5, 0.6) is 0 Å². The zero-order valence-corrected chi connectivity index (χ0v) is 11.8. The van der Waals surface area contributed by atoms with Crippen LogP contribution in [0.15, 0.2) is 24.5 Å². The molecule has 0 bridgehead atoms. The lowest BCUT2D eigenvalue weighted by atomic mass is 10.1. The lowest BCUT2D eigenvalue weighted by Crippen LogP contribution is -2.45. The molecule has 19 heavy (non-hydrogen) atoms. The first-order valence-electron chi connectivity index (χ1n) is 6.66. The number of aliphatic hydroxyl groups is 1. The zero-order valence-electron chi connectivity index (χ0n) is 11.8. The molecule has 0 aromatic carbocycles. The molecule has 1 rings (SSSR count). The number of nitrogens with one attached hydrogen (secondary N) is 2. The molecule has 0 saturated carbocycles. The molecular weight excluding hydrogens is 242 g/mol. The van der Waals surface area contributed by atoms with E-state index in [2.05, 4.69) is 15.6 Å². The van der Waals surface area contributed by atoms with Crippen LogP contribution in [0.3, 0.4) is 0 Å². The second-order valence-electron chi connectivity index (χ2n) is 4.81. The quantitative estimate of drug-likeness (QED) is 0.735. The number of amides is 2. The molecule has 0 saturated heterocycles. The maximum absolute atomic E-state index is 11.9. The van der Waals surface area contributed by atoms with Crippen LogP contribution >= 0.6 is 0 Å². The standard InChI is InChI=1S/C14H23N3O2/c1-4-13(12-5-7-15-8-6-12)17-14(19)16-11(3)10(2)9-18/h5-8,10-11,13,18H,4,9H2,1-3H3,(H2,16,17,19)/t10-,11-,13-/m0/s1. The zero-order chi connectivity index (χ0) is 14.3. The highest BCUT2D eigenvalue weighted by Gasteiger charge is 2.16. The van der Waals surface area contributed by atoms with Crippen molar-refractivity contribution in [2.75, 3.05) is 6.61 Å². The molecule has 0 aliphatic heterocycles. The number of carbonyl (C=O) groups excluding carboxylic acids is 1. The third-order valence-corrected chi connectivity index (χ3v) is 3.32. The summed E-state index contributed by atoms with van der Waals surface area (Å²) in [5.41, 5.74) is 1.04. The predicted molar refractivity (Wildman–Crippen MR) is 74.6 cm³/mol. The number of aliphatic hydroxyl groups excluding tert-OH is 1. The Labute approximate surface area is 114 Å². The van der Waals surface area contributed by atoms with E-state index in [1.807, 2.05) is 32.9 Å². The summed E-state index contributed by atoms with van der Waals surface area (Å²) in [6, 6.07) is 3.48. The molecule has 1 heterocycles. The third-order valence-electron chi connectivity index (χ3n) is 3.32. The van der Waals surface area contributed by atoms with Crippen molar-refractivity contribution in [2.24, 2.45) is 5.92 Å². The van der Waals surface area contributed by atoms with Gasteiger partial charge >= 0.3 is 6.03 Å². The Kier molecular flexibility index (Phi) is 6.29. The van der Waals surface area contributed by atoms with Crippen LogP contribution < -0.4 is 10.6 Å². The normalized spacial score (nSPS) is 15.4. The van der Waals surface area contributed by atoms with Crippen molar-refractivity contribution in [3.63, 3.8) is 0 Å². The van der Waals surface area contributed by atoms with Gasteiger partial charge in [0.15, 0.2) is 0 Å². The number of hydrogen-bond donors (Lipinski definition) is 3. The average Bonchev–Trinajstić information content (AvgIpc) is 2.44. The fourth-order valence-electron chi connectivity index (χ4n) is 1.72. The van der Waals surface area contributed by atoms with Crippen molar-refractivity contribution in [1.82, 2.24) is 15.6 Å². The molecule has 3 N–H and O–H groups in total. The highest BCUT2D eigenvalue weighted by atomic mass is 16.3. The molecule has 0 fully saturated rings. The van der Waals surface area contributed by atoms with Gasteiger partial charge in [0.2, 0.25) is 0 Å². The Balaban J connectivity index is 2.55. The van der Waals surface area contributed by atoms with E-state index in [0.717, 1.165) is 12.0 Å². The van der Waals surface area contributed by atoms with Gasteiger partial charge in [0.05, 0.1) is 6.04 Å². The third kappa shape index (κ3) is 4.87. The number of rotatable bonds is 6. The van der Waals surface area contributed by atoms with Crippen molar-refractivity contribution in [3.05, 3.63) is 30.1 Å². The number of carbonyl (C=O) groups is 1. The van der Waals surface area contributed by atoms with Crippen molar-refractivity contribution < 1.29 is 9.90 Å². The molecule has 0 radical (unpaired) electrons. The minimum Gasteiger partial charge on any atom is -0.396 e. The fourth-order valence-corrected chi connectivity index (χ4v) is 1.72. The molecule has 1 aromatic rings. The number of nitrogens with zero attached hydrogens (tertiary/aromatic N) is 1. The van der Waals surface area contributed by atoms with Gasteiger partial charge in [-0.15, -0.1) is 0 Å². The summed E-state index contributed by atoms with van der Waals surface area (Å²) in [6.45, 7) is 5.85. The summed E-state index contributed by atoms with van der Waals surface area (Å²) in [5.74, 6) is 0.0340. The largest absolute Gasteiger partial charge is 0.396 e. The van der Waals surface area contributed by atoms with Gasteiger partial charge in [-0.25, -0.2) is 4.79 Å². The van der Waals surface area contributed by atoms with Crippen LogP contribution in [0, 0.1) is 5.92 Å². The van der Waals surface area contributed by atoms with Gasteiger partial charge in [0, 0.05) is 25.0 Å². The Morgan fingerprint density at radius 2 is 1.95 bits per heavy atom. The number of urea groups is 1. The second kappa shape index (κ2) is 7.74. The van der Waals surface area contributed by atoms with Gasteiger partial charge in [0.1, 0.15) is 0 Å². The Hall–Kier alpha value is -1.62. The summed E-state index contributed by atoms with van der Waals surface area (Å²) in [7, 11) is 0. The van der Waals surface area contributed by atoms with E-state index in [0.29, 0.717) is 0 Å². The molecule has 5 heteroatoms. The molecular formula is C14H23N3O2.